The first-order chi connectivity index (χ1) is 10.2. The minimum absolute atomic E-state index is 0.325. The van der Waals surface area contributed by atoms with Crippen LogP contribution in [0.25, 0.3) is 11.0 Å². The molecule has 0 aliphatic carbocycles. The molecule has 0 radical (unpaired) electrons. The molecular weight excluding hydrogens is 258 g/mol. The molecule has 0 aliphatic heterocycles. The molecule has 2 heteroatoms. The Bertz CT molecular complexity index is 570. The molecule has 1 aromatic heterocycles. The third-order valence-electron chi connectivity index (χ3n) is 3.89. The first-order valence-corrected chi connectivity index (χ1v) is 8.09. The van der Waals surface area contributed by atoms with Gasteiger partial charge in [-0.1, -0.05) is 37.5 Å². The number of rotatable bonds is 9. The quantitative estimate of drug-likeness (QED) is 0.484. The molecule has 1 N–H and O–H groups in total. The molecule has 2 nitrogen and oxygen atoms in total. The molecule has 0 aliphatic rings. The molecule has 1 atom stereocenters. The van der Waals surface area contributed by atoms with Crippen LogP contribution in [-0.4, -0.2) is 6.54 Å². The van der Waals surface area contributed by atoms with E-state index < -0.39 is 0 Å². The molecule has 1 heterocycles. The van der Waals surface area contributed by atoms with Gasteiger partial charge in [0.1, 0.15) is 11.3 Å². The van der Waals surface area contributed by atoms with Crippen LogP contribution < -0.4 is 5.32 Å². The number of aryl methyl sites for hydroxylation is 1. The van der Waals surface area contributed by atoms with E-state index in [1.807, 2.05) is 6.08 Å². The summed E-state index contributed by atoms with van der Waals surface area (Å²) >= 11 is 0. The van der Waals surface area contributed by atoms with Crippen molar-refractivity contribution in [3.05, 3.63) is 48.2 Å². The number of hydrogen-bond acceptors (Lipinski definition) is 2. The Morgan fingerprint density at radius 2 is 2.10 bits per heavy atom. The first kappa shape index (κ1) is 15.8. The maximum Gasteiger partial charge on any atom is 0.134 e. The van der Waals surface area contributed by atoms with Crippen molar-refractivity contribution in [3.8, 4) is 0 Å². The zero-order chi connectivity index (χ0) is 15.1. The van der Waals surface area contributed by atoms with Gasteiger partial charge in [0, 0.05) is 5.39 Å². The van der Waals surface area contributed by atoms with E-state index in [4.69, 9.17) is 4.42 Å². The minimum Gasteiger partial charge on any atom is -0.459 e. The number of allylic oxidation sites excluding steroid dienone is 1. The van der Waals surface area contributed by atoms with Gasteiger partial charge in [0.05, 0.1) is 6.04 Å². The third-order valence-corrected chi connectivity index (χ3v) is 3.89. The van der Waals surface area contributed by atoms with Gasteiger partial charge < -0.3 is 9.73 Å². The zero-order valence-electron chi connectivity index (χ0n) is 13.3. The Morgan fingerprint density at radius 1 is 1.24 bits per heavy atom. The van der Waals surface area contributed by atoms with E-state index in [2.05, 4.69) is 50.0 Å². The van der Waals surface area contributed by atoms with E-state index in [0.29, 0.717) is 6.04 Å². The van der Waals surface area contributed by atoms with E-state index in [1.165, 1.54) is 30.2 Å². The van der Waals surface area contributed by atoms with Crippen molar-refractivity contribution in [2.24, 2.45) is 0 Å². The summed E-state index contributed by atoms with van der Waals surface area (Å²) in [6.45, 7) is 9.01. The van der Waals surface area contributed by atoms with Crippen LogP contribution in [0.2, 0.25) is 0 Å². The summed E-state index contributed by atoms with van der Waals surface area (Å²) in [5, 5.41) is 4.76. The van der Waals surface area contributed by atoms with Crippen LogP contribution >= 0.6 is 0 Å². The van der Waals surface area contributed by atoms with Gasteiger partial charge in [0.15, 0.2) is 0 Å². The van der Waals surface area contributed by atoms with E-state index in [9.17, 15) is 0 Å². The average Bonchev–Trinajstić information content (AvgIpc) is 2.88. The molecule has 1 unspecified atom stereocenters. The second-order valence-corrected chi connectivity index (χ2v) is 5.73. The summed E-state index contributed by atoms with van der Waals surface area (Å²) in [5.41, 5.74) is 2.27. The fourth-order valence-electron chi connectivity index (χ4n) is 2.76. The maximum atomic E-state index is 6.04. The average molecular weight is 285 g/mol. The molecule has 1 aromatic carbocycles. The zero-order valence-corrected chi connectivity index (χ0v) is 13.3. The molecule has 0 saturated heterocycles. The summed E-state index contributed by atoms with van der Waals surface area (Å²) in [6, 6.07) is 8.88. The van der Waals surface area contributed by atoms with Crippen LogP contribution in [0.4, 0.5) is 0 Å². The molecule has 0 bridgehead atoms. The Labute approximate surface area is 128 Å². The van der Waals surface area contributed by atoms with Crippen molar-refractivity contribution in [1.82, 2.24) is 5.32 Å². The predicted octanol–water partition coefficient (Wildman–Crippen LogP) is 5.53. The molecule has 0 saturated carbocycles. The molecule has 2 aromatic rings. The monoisotopic (exact) mass is 285 g/mol. The van der Waals surface area contributed by atoms with Crippen LogP contribution in [-0.2, 0) is 0 Å². The summed E-state index contributed by atoms with van der Waals surface area (Å²) in [7, 11) is 0. The second-order valence-electron chi connectivity index (χ2n) is 5.73. The highest BCUT2D eigenvalue weighted by Gasteiger charge is 2.15. The van der Waals surface area contributed by atoms with Gasteiger partial charge in [-0.05, 0) is 50.9 Å². The highest BCUT2D eigenvalue weighted by molar-refractivity contribution is 5.78. The van der Waals surface area contributed by atoms with Crippen LogP contribution in [0.15, 0.2) is 41.3 Å². The lowest BCUT2D eigenvalue weighted by molar-refractivity contribution is 0.404. The molecule has 0 fully saturated rings. The molecular formula is C19H27NO. The van der Waals surface area contributed by atoms with E-state index in [0.717, 1.165) is 30.7 Å². The number of nitrogens with one attached hydrogen (secondary N) is 1. The lowest BCUT2D eigenvalue weighted by atomic mass is 10.0. The molecule has 0 spiro atoms. The van der Waals surface area contributed by atoms with Crippen molar-refractivity contribution in [1.29, 1.82) is 0 Å². The van der Waals surface area contributed by atoms with Gasteiger partial charge in [-0.15, -0.1) is 6.58 Å². The van der Waals surface area contributed by atoms with Gasteiger partial charge in [0.2, 0.25) is 0 Å². The largest absolute Gasteiger partial charge is 0.459 e. The number of fused-ring (bicyclic) bond motifs is 1. The minimum atomic E-state index is 0.325. The van der Waals surface area contributed by atoms with Crippen LogP contribution in [0.3, 0.4) is 0 Å². The summed E-state index contributed by atoms with van der Waals surface area (Å²) in [6.07, 6.45) is 7.97. The Morgan fingerprint density at radius 3 is 2.86 bits per heavy atom. The van der Waals surface area contributed by atoms with Crippen molar-refractivity contribution in [2.45, 2.75) is 52.0 Å². The number of unbranched alkanes of at least 4 members (excludes halogenated alkanes) is 3. The Balaban J connectivity index is 2.02. The van der Waals surface area contributed by atoms with Crippen molar-refractivity contribution in [3.63, 3.8) is 0 Å². The van der Waals surface area contributed by atoms with Gasteiger partial charge in [-0.25, -0.2) is 0 Å². The molecule has 114 valence electrons. The normalized spacial score (nSPS) is 12.7. The topological polar surface area (TPSA) is 25.2 Å². The van der Waals surface area contributed by atoms with E-state index >= 15 is 0 Å². The van der Waals surface area contributed by atoms with Gasteiger partial charge >= 0.3 is 0 Å². The predicted molar refractivity (Wildman–Crippen MR) is 90.7 cm³/mol. The number of benzene rings is 1. The van der Waals surface area contributed by atoms with E-state index in [-0.39, 0.29) is 0 Å². The van der Waals surface area contributed by atoms with Crippen molar-refractivity contribution in [2.75, 3.05) is 6.54 Å². The fourth-order valence-corrected chi connectivity index (χ4v) is 2.76. The maximum absolute atomic E-state index is 6.04. The van der Waals surface area contributed by atoms with Crippen molar-refractivity contribution >= 4 is 11.0 Å². The van der Waals surface area contributed by atoms with Crippen LogP contribution in [0.1, 0.15) is 56.4 Å². The number of furan rings is 1. The first-order valence-electron chi connectivity index (χ1n) is 8.09. The standard InChI is InChI=1S/C19H27NO/c1-4-6-7-8-9-10-17(20-5-2)19-14-16-13-15(3)11-12-18(16)21-19/h4,11-14,17,20H,1,5-10H2,2-3H3. The highest BCUT2D eigenvalue weighted by atomic mass is 16.3. The Hall–Kier alpha value is -1.54. The van der Waals surface area contributed by atoms with Crippen molar-refractivity contribution < 1.29 is 4.42 Å². The van der Waals surface area contributed by atoms with Gasteiger partial charge in [-0.3, -0.25) is 0 Å². The van der Waals surface area contributed by atoms with Gasteiger partial charge in [-0.2, -0.15) is 0 Å². The Kier molecular flexibility index (Phi) is 6.06. The molecule has 0 amide bonds. The summed E-state index contributed by atoms with van der Waals surface area (Å²) in [5.74, 6) is 1.07. The molecule has 2 rings (SSSR count). The lowest BCUT2D eigenvalue weighted by Crippen LogP contribution is -2.20. The fraction of sp³-hybridized carbons (Fsp3) is 0.474. The van der Waals surface area contributed by atoms with E-state index in [1.54, 1.807) is 0 Å². The SMILES string of the molecule is C=CCCCCCC(NCC)c1cc2cc(C)ccc2o1. The van der Waals surface area contributed by atoms with Gasteiger partial charge in [0.25, 0.3) is 0 Å². The molecule has 21 heavy (non-hydrogen) atoms. The second kappa shape index (κ2) is 8.04. The number of hydrogen-bond donors (Lipinski definition) is 1. The third kappa shape index (κ3) is 4.47. The van der Waals surface area contributed by atoms with Crippen LogP contribution in [0.5, 0.6) is 0 Å². The van der Waals surface area contributed by atoms with Crippen LogP contribution in [0, 0.1) is 6.92 Å². The summed E-state index contributed by atoms with van der Waals surface area (Å²) in [4.78, 5) is 0. The smallest absolute Gasteiger partial charge is 0.134 e. The lowest BCUT2D eigenvalue weighted by Gasteiger charge is -2.15. The summed E-state index contributed by atoms with van der Waals surface area (Å²) < 4.78 is 6.04. The highest BCUT2D eigenvalue weighted by Crippen LogP contribution is 2.27.